The van der Waals surface area contributed by atoms with Crippen molar-refractivity contribution in [3.8, 4) is 0 Å². The molecule has 0 saturated carbocycles. The van der Waals surface area contributed by atoms with Crippen molar-refractivity contribution < 1.29 is 9.90 Å². The molecular formula is C13H18BrNO2. The Morgan fingerprint density at radius 1 is 1.35 bits per heavy atom. The van der Waals surface area contributed by atoms with E-state index in [9.17, 15) is 9.90 Å². The molecule has 0 unspecified atom stereocenters. The van der Waals surface area contributed by atoms with Gasteiger partial charge in [0.15, 0.2) is 0 Å². The number of aliphatic hydroxyl groups is 1. The fourth-order valence-corrected chi connectivity index (χ4v) is 1.83. The quantitative estimate of drug-likeness (QED) is 0.928. The number of rotatable bonds is 4. The molecule has 0 spiro atoms. The van der Waals surface area contributed by atoms with E-state index in [0.717, 1.165) is 4.47 Å². The Morgan fingerprint density at radius 2 is 1.88 bits per heavy atom. The van der Waals surface area contributed by atoms with Crippen LogP contribution in [0.25, 0.3) is 0 Å². The highest BCUT2D eigenvalue weighted by molar-refractivity contribution is 9.10. The first-order valence-corrected chi connectivity index (χ1v) is 6.40. The molecular weight excluding hydrogens is 282 g/mol. The number of amides is 1. The summed E-state index contributed by atoms with van der Waals surface area (Å²) in [5.41, 5.74) is -0.236. The fraction of sp³-hybridized carbons (Fsp3) is 0.462. The molecule has 0 fully saturated rings. The lowest BCUT2D eigenvalue weighted by molar-refractivity contribution is 0.0314. The number of hydrogen-bond acceptors (Lipinski definition) is 2. The molecule has 0 aliphatic heterocycles. The van der Waals surface area contributed by atoms with Crippen LogP contribution >= 0.6 is 15.9 Å². The summed E-state index contributed by atoms with van der Waals surface area (Å²) < 4.78 is 0.944. The van der Waals surface area contributed by atoms with Crippen LogP contribution in [0, 0.1) is 0 Å². The third-order valence-corrected chi connectivity index (χ3v) is 2.87. The van der Waals surface area contributed by atoms with Gasteiger partial charge in [-0.1, -0.05) is 15.9 Å². The van der Waals surface area contributed by atoms with Crippen LogP contribution in [0.4, 0.5) is 0 Å². The molecule has 17 heavy (non-hydrogen) atoms. The number of benzene rings is 1. The lowest BCUT2D eigenvalue weighted by Crippen LogP contribution is -2.42. The van der Waals surface area contributed by atoms with Crippen LogP contribution in [0.3, 0.4) is 0 Å². The molecule has 3 nitrogen and oxygen atoms in total. The highest BCUT2D eigenvalue weighted by Gasteiger charge is 2.21. The Hall–Kier alpha value is -0.870. The predicted octanol–water partition coefficient (Wildman–Crippen LogP) is 2.68. The number of nitrogens with zero attached hydrogens (tertiary/aromatic N) is 1. The SMILES string of the molecule is CCN(CC(C)(C)O)C(=O)c1ccc(Br)cc1. The second-order valence-electron chi connectivity index (χ2n) is 4.64. The summed E-state index contributed by atoms with van der Waals surface area (Å²) in [6.07, 6.45) is 0. The summed E-state index contributed by atoms with van der Waals surface area (Å²) in [5.74, 6) is -0.0536. The van der Waals surface area contributed by atoms with Crippen molar-refractivity contribution in [2.24, 2.45) is 0 Å². The van der Waals surface area contributed by atoms with Gasteiger partial charge in [-0.2, -0.15) is 0 Å². The monoisotopic (exact) mass is 299 g/mol. The van der Waals surface area contributed by atoms with Crippen LogP contribution in [0.2, 0.25) is 0 Å². The zero-order valence-electron chi connectivity index (χ0n) is 10.4. The molecule has 1 N–H and O–H groups in total. The van der Waals surface area contributed by atoms with Gasteiger partial charge in [0.05, 0.1) is 5.60 Å². The second-order valence-corrected chi connectivity index (χ2v) is 5.55. The van der Waals surface area contributed by atoms with Crippen LogP contribution in [0.15, 0.2) is 28.7 Å². The minimum atomic E-state index is -0.874. The van der Waals surface area contributed by atoms with E-state index >= 15 is 0 Å². The predicted molar refractivity (Wildman–Crippen MR) is 72.0 cm³/mol. The molecule has 0 radical (unpaired) electrons. The van der Waals surface area contributed by atoms with Gasteiger partial charge in [-0.25, -0.2) is 0 Å². The maximum absolute atomic E-state index is 12.2. The molecule has 1 amide bonds. The van der Waals surface area contributed by atoms with Gasteiger partial charge < -0.3 is 10.0 Å². The molecule has 4 heteroatoms. The largest absolute Gasteiger partial charge is 0.389 e. The van der Waals surface area contributed by atoms with Crippen LogP contribution in [-0.4, -0.2) is 34.6 Å². The van der Waals surface area contributed by atoms with Gasteiger partial charge >= 0.3 is 0 Å². The highest BCUT2D eigenvalue weighted by atomic mass is 79.9. The van der Waals surface area contributed by atoms with Gasteiger partial charge in [0.25, 0.3) is 5.91 Å². The molecule has 0 atom stereocenters. The number of halogens is 1. The van der Waals surface area contributed by atoms with Crippen molar-refractivity contribution in [1.82, 2.24) is 4.90 Å². The minimum absolute atomic E-state index is 0.0536. The van der Waals surface area contributed by atoms with Crippen molar-refractivity contribution in [2.45, 2.75) is 26.4 Å². The standard InChI is InChI=1S/C13H18BrNO2/c1-4-15(9-13(2,3)17)12(16)10-5-7-11(14)8-6-10/h5-8,17H,4,9H2,1-3H3. The lowest BCUT2D eigenvalue weighted by atomic mass is 10.1. The fourth-order valence-electron chi connectivity index (χ4n) is 1.57. The summed E-state index contributed by atoms with van der Waals surface area (Å²) in [4.78, 5) is 13.8. The van der Waals surface area contributed by atoms with E-state index in [1.807, 2.05) is 19.1 Å². The average Bonchev–Trinajstić information content (AvgIpc) is 2.25. The third kappa shape index (κ3) is 4.48. The Kier molecular flexibility index (Phi) is 4.71. The van der Waals surface area contributed by atoms with Gasteiger partial charge in [-0.3, -0.25) is 4.79 Å². The van der Waals surface area contributed by atoms with Gasteiger partial charge in [0.1, 0.15) is 0 Å². The topological polar surface area (TPSA) is 40.5 Å². The first kappa shape index (κ1) is 14.2. The zero-order valence-corrected chi connectivity index (χ0v) is 12.0. The number of carbonyl (C=O) groups excluding carboxylic acids is 1. The third-order valence-electron chi connectivity index (χ3n) is 2.34. The molecule has 1 aromatic carbocycles. The van der Waals surface area contributed by atoms with E-state index in [-0.39, 0.29) is 5.91 Å². The molecule has 1 rings (SSSR count). The Balaban J connectivity index is 2.83. The van der Waals surface area contributed by atoms with Crippen molar-refractivity contribution in [3.63, 3.8) is 0 Å². The van der Waals surface area contributed by atoms with Gasteiger partial charge in [0.2, 0.25) is 0 Å². The highest BCUT2D eigenvalue weighted by Crippen LogP contribution is 2.14. The first-order chi connectivity index (χ1) is 7.83. The number of likely N-dealkylation sites (N-methyl/N-ethyl adjacent to an activating group) is 1. The van der Waals surface area contributed by atoms with Crippen molar-refractivity contribution in [3.05, 3.63) is 34.3 Å². The van der Waals surface area contributed by atoms with Crippen molar-refractivity contribution in [1.29, 1.82) is 0 Å². The summed E-state index contributed by atoms with van der Waals surface area (Å²) in [7, 11) is 0. The first-order valence-electron chi connectivity index (χ1n) is 5.60. The minimum Gasteiger partial charge on any atom is -0.389 e. The van der Waals surface area contributed by atoms with E-state index < -0.39 is 5.60 Å². The summed E-state index contributed by atoms with van der Waals surface area (Å²) >= 11 is 3.33. The molecule has 0 bridgehead atoms. The van der Waals surface area contributed by atoms with Crippen LogP contribution < -0.4 is 0 Å². The molecule has 0 aromatic heterocycles. The summed E-state index contributed by atoms with van der Waals surface area (Å²) in [6.45, 7) is 6.22. The summed E-state index contributed by atoms with van der Waals surface area (Å²) in [6, 6.07) is 7.23. The van der Waals surface area contributed by atoms with Gasteiger partial charge in [0, 0.05) is 23.1 Å². The summed E-state index contributed by atoms with van der Waals surface area (Å²) in [5, 5.41) is 9.76. The Bertz CT molecular complexity index is 381. The smallest absolute Gasteiger partial charge is 0.253 e. The van der Waals surface area contributed by atoms with E-state index in [0.29, 0.717) is 18.7 Å². The molecule has 94 valence electrons. The van der Waals surface area contributed by atoms with E-state index in [1.54, 1.807) is 30.9 Å². The van der Waals surface area contributed by atoms with Gasteiger partial charge in [-0.05, 0) is 45.0 Å². The van der Waals surface area contributed by atoms with E-state index in [1.165, 1.54) is 0 Å². The normalized spacial score (nSPS) is 11.4. The number of hydrogen-bond donors (Lipinski definition) is 1. The maximum Gasteiger partial charge on any atom is 0.253 e. The second kappa shape index (κ2) is 5.65. The zero-order chi connectivity index (χ0) is 13.1. The van der Waals surface area contributed by atoms with Crippen LogP contribution in [0.1, 0.15) is 31.1 Å². The lowest BCUT2D eigenvalue weighted by Gasteiger charge is -2.28. The maximum atomic E-state index is 12.2. The Morgan fingerprint density at radius 3 is 2.29 bits per heavy atom. The molecule has 0 aliphatic rings. The van der Waals surface area contributed by atoms with Gasteiger partial charge in [-0.15, -0.1) is 0 Å². The molecule has 0 heterocycles. The number of carbonyl (C=O) groups is 1. The Labute approximate surface area is 111 Å². The van der Waals surface area contributed by atoms with E-state index in [2.05, 4.69) is 15.9 Å². The molecule has 0 saturated heterocycles. The van der Waals surface area contributed by atoms with Crippen molar-refractivity contribution in [2.75, 3.05) is 13.1 Å². The molecule has 0 aliphatic carbocycles. The van der Waals surface area contributed by atoms with Crippen molar-refractivity contribution >= 4 is 21.8 Å². The van der Waals surface area contributed by atoms with E-state index in [4.69, 9.17) is 0 Å². The molecule has 1 aromatic rings. The van der Waals surface area contributed by atoms with Crippen LogP contribution in [-0.2, 0) is 0 Å². The van der Waals surface area contributed by atoms with Crippen LogP contribution in [0.5, 0.6) is 0 Å². The average molecular weight is 300 g/mol.